The summed E-state index contributed by atoms with van der Waals surface area (Å²) in [6, 6.07) is 8.26. The Morgan fingerprint density at radius 1 is 1.29 bits per heavy atom. The van der Waals surface area contributed by atoms with Crippen molar-refractivity contribution in [3.05, 3.63) is 45.9 Å². The molecule has 0 fully saturated rings. The van der Waals surface area contributed by atoms with Crippen molar-refractivity contribution in [2.24, 2.45) is 0 Å². The second-order valence-corrected chi connectivity index (χ2v) is 4.90. The third-order valence-corrected chi connectivity index (χ3v) is 3.23. The van der Waals surface area contributed by atoms with E-state index in [1.54, 1.807) is 18.4 Å². The van der Waals surface area contributed by atoms with Crippen LogP contribution in [0.25, 0.3) is 0 Å². The first kappa shape index (κ1) is 12.1. The zero-order valence-electron chi connectivity index (χ0n) is 10.1. The van der Waals surface area contributed by atoms with E-state index < -0.39 is 0 Å². The molecular formula is C13H16N2OS. The molecule has 0 spiro atoms. The number of thiazole rings is 1. The van der Waals surface area contributed by atoms with Gasteiger partial charge in [-0.2, -0.15) is 0 Å². The van der Waals surface area contributed by atoms with Crippen LogP contribution in [0.15, 0.2) is 29.6 Å². The smallest absolute Gasteiger partial charge is 0.0898 e. The molecule has 0 atom stereocenters. The number of benzene rings is 1. The minimum atomic E-state index is 0.658. The molecule has 0 aliphatic heterocycles. The zero-order chi connectivity index (χ0) is 12.1. The molecule has 3 nitrogen and oxygen atoms in total. The van der Waals surface area contributed by atoms with Crippen molar-refractivity contribution < 1.29 is 4.74 Å². The van der Waals surface area contributed by atoms with Gasteiger partial charge >= 0.3 is 0 Å². The molecule has 90 valence electrons. The van der Waals surface area contributed by atoms with E-state index >= 15 is 0 Å². The highest BCUT2D eigenvalue weighted by Crippen LogP contribution is 2.13. The van der Waals surface area contributed by atoms with Crippen LogP contribution in [0.4, 0.5) is 5.69 Å². The third-order valence-electron chi connectivity index (χ3n) is 2.41. The van der Waals surface area contributed by atoms with Crippen LogP contribution < -0.4 is 5.32 Å². The van der Waals surface area contributed by atoms with E-state index in [9.17, 15) is 0 Å². The molecule has 1 heterocycles. The van der Waals surface area contributed by atoms with E-state index in [1.807, 2.05) is 6.92 Å². The fourth-order valence-corrected chi connectivity index (χ4v) is 2.18. The van der Waals surface area contributed by atoms with E-state index in [1.165, 1.54) is 5.56 Å². The average Bonchev–Trinajstić information content (AvgIpc) is 2.75. The van der Waals surface area contributed by atoms with E-state index in [0.29, 0.717) is 6.61 Å². The minimum Gasteiger partial charge on any atom is -0.380 e. The zero-order valence-corrected chi connectivity index (χ0v) is 10.9. The molecule has 2 aromatic rings. The van der Waals surface area contributed by atoms with Gasteiger partial charge in [-0.15, -0.1) is 11.3 Å². The Balaban J connectivity index is 1.90. The van der Waals surface area contributed by atoms with Crippen molar-refractivity contribution in [1.29, 1.82) is 0 Å². The van der Waals surface area contributed by atoms with Crippen LogP contribution in [0.5, 0.6) is 0 Å². The van der Waals surface area contributed by atoms with E-state index in [0.717, 1.165) is 22.9 Å². The predicted molar refractivity (Wildman–Crippen MR) is 71.3 cm³/mol. The topological polar surface area (TPSA) is 34.1 Å². The van der Waals surface area contributed by atoms with Crippen LogP contribution in [0, 0.1) is 6.92 Å². The molecule has 1 aromatic carbocycles. The van der Waals surface area contributed by atoms with Gasteiger partial charge in [0.1, 0.15) is 0 Å². The molecule has 0 saturated carbocycles. The van der Waals surface area contributed by atoms with Gasteiger partial charge in [0.2, 0.25) is 0 Å². The average molecular weight is 248 g/mol. The van der Waals surface area contributed by atoms with Crippen LogP contribution in [0.2, 0.25) is 0 Å². The summed E-state index contributed by atoms with van der Waals surface area (Å²) in [5.74, 6) is 0. The first-order valence-electron chi connectivity index (χ1n) is 5.50. The molecule has 17 heavy (non-hydrogen) atoms. The van der Waals surface area contributed by atoms with Gasteiger partial charge < -0.3 is 10.1 Å². The first-order valence-corrected chi connectivity index (χ1v) is 6.38. The van der Waals surface area contributed by atoms with Gasteiger partial charge in [0.05, 0.1) is 23.9 Å². The summed E-state index contributed by atoms with van der Waals surface area (Å²) in [4.78, 5) is 4.41. The van der Waals surface area contributed by atoms with Gasteiger partial charge in [0.25, 0.3) is 0 Å². The Hall–Kier alpha value is -1.39. The maximum atomic E-state index is 5.07. The molecule has 0 unspecified atom stereocenters. The van der Waals surface area contributed by atoms with Gasteiger partial charge in [-0.05, 0) is 24.6 Å². The number of nitrogens with one attached hydrogen (secondary N) is 1. The maximum absolute atomic E-state index is 5.07. The van der Waals surface area contributed by atoms with Gasteiger partial charge in [-0.25, -0.2) is 4.98 Å². The number of methoxy groups -OCH3 is 1. The van der Waals surface area contributed by atoms with Crippen molar-refractivity contribution in [3.63, 3.8) is 0 Å². The minimum absolute atomic E-state index is 0.658. The molecule has 4 heteroatoms. The van der Waals surface area contributed by atoms with Gasteiger partial charge in [-0.3, -0.25) is 0 Å². The summed E-state index contributed by atoms with van der Waals surface area (Å²) in [5.41, 5.74) is 3.38. The Kier molecular flexibility index (Phi) is 4.12. The lowest BCUT2D eigenvalue weighted by Gasteiger charge is -2.05. The van der Waals surface area contributed by atoms with Crippen LogP contribution in [0.3, 0.4) is 0 Å². The fraction of sp³-hybridized carbons (Fsp3) is 0.308. The molecule has 0 radical (unpaired) electrons. The summed E-state index contributed by atoms with van der Waals surface area (Å²) in [5, 5.41) is 6.54. The second kappa shape index (κ2) is 5.80. The van der Waals surface area contributed by atoms with Crippen molar-refractivity contribution in [2.45, 2.75) is 20.1 Å². The lowest BCUT2D eigenvalue weighted by molar-refractivity contribution is 0.185. The van der Waals surface area contributed by atoms with Crippen molar-refractivity contribution in [3.8, 4) is 0 Å². The van der Waals surface area contributed by atoms with Crippen LogP contribution in [-0.4, -0.2) is 12.1 Å². The SMILES string of the molecule is COCc1ccc(NCc2csc(C)n2)cc1. The Labute approximate surface area is 105 Å². The molecule has 0 aliphatic rings. The monoisotopic (exact) mass is 248 g/mol. The highest BCUT2D eigenvalue weighted by Gasteiger charge is 1.98. The first-order chi connectivity index (χ1) is 8.28. The second-order valence-electron chi connectivity index (χ2n) is 3.84. The molecule has 1 aromatic heterocycles. The van der Waals surface area contributed by atoms with Gasteiger partial charge in [0.15, 0.2) is 0 Å². The van der Waals surface area contributed by atoms with Crippen LogP contribution in [0.1, 0.15) is 16.3 Å². The Morgan fingerprint density at radius 2 is 2.06 bits per heavy atom. The lowest BCUT2D eigenvalue weighted by Crippen LogP contribution is -1.99. The summed E-state index contributed by atoms with van der Waals surface area (Å²) >= 11 is 1.68. The normalized spacial score (nSPS) is 10.5. The van der Waals surface area contributed by atoms with E-state index in [4.69, 9.17) is 4.74 Å². The number of aromatic nitrogens is 1. The van der Waals surface area contributed by atoms with Crippen molar-refractivity contribution >= 4 is 17.0 Å². The number of hydrogen-bond donors (Lipinski definition) is 1. The van der Waals surface area contributed by atoms with Gasteiger partial charge in [-0.1, -0.05) is 12.1 Å². The fourth-order valence-electron chi connectivity index (χ4n) is 1.57. The van der Waals surface area contributed by atoms with Crippen molar-refractivity contribution in [1.82, 2.24) is 4.98 Å². The number of ether oxygens (including phenoxy) is 1. The number of aryl methyl sites for hydroxylation is 1. The molecular weight excluding hydrogens is 232 g/mol. The standard InChI is InChI=1S/C13H16N2OS/c1-10-15-13(9-17-10)7-14-12-5-3-11(4-6-12)8-16-2/h3-6,9,14H,7-8H2,1-2H3. The van der Waals surface area contributed by atoms with Gasteiger partial charge in [0, 0.05) is 18.2 Å². The Morgan fingerprint density at radius 3 is 2.65 bits per heavy atom. The summed E-state index contributed by atoms with van der Waals surface area (Å²) in [6.45, 7) is 3.45. The molecule has 0 saturated heterocycles. The molecule has 0 amide bonds. The number of hydrogen-bond acceptors (Lipinski definition) is 4. The van der Waals surface area contributed by atoms with Crippen LogP contribution in [-0.2, 0) is 17.9 Å². The molecule has 0 aliphatic carbocycles. The highest BCUT2D eigenvalue weighted by molar-refractivity contribution is 7.09. The number of rotatable bonds is 5. The van der Waals surface area contributed by atoms with E-state index in [2.05, 4.69) is 39.9 Å². The Bertz CT molecular complexity index is 465. The number of nitrogens with zero attached hydrogens (tertiary/aromatic N) is 1. The largest absolute Gasteiger partial charge is 0.380 e. The maximum Gasteiger partial charge on any atom is 0.0898 e. The molecule has 0 bridgehead atoms. The highest BCUT2D eigenvalue weighted by atomic mass is 32.1. The molecule has 2 rings (SSSR count). The van der Waals surface area contributed by atoms with Crippen molar-refractivity contribution in [2.75, 3.05) is 12.4 Å². The quantitative estimate of drug-likeness (QED) is 0.882. The summed E-state index contributed by atoms with van der Waals surface area (Å²) in [6.07, 6.45) is 0. The third kappa shape index (κ3) is 3.54. The van der Waals surface area contributed by atoms with Crippen LogP contribution >= 0.6 is 11.3 Å². The molecule has 1 N–H and O–H groups in total. The number of anilines is 1. The van der Waals surface area contributed by atoms with E-state index in [-0.39, 0.29) is 0 Å². The summed E-state index contributed by atoms with van der Waals surface area (Å²) < 4.78 is 5.07. The lowest BCUT2D eigenvalue weighted by atomic mass is 10.2. The summed E-state index contributed by atoms with van der Waals surface area (Å²) in [7, 11) is 1.71. The predicted octanol–water partition coefficient (Wildman–Crippen LogP) is 3.21.